The first kappa shape index (κ1) is 14.4. The molecule has 1 aliphatic heterocycles. The van der Waals surface area contributed by atoms with E-state index in [1.54, 1.807) is 0 Å². The van der Waals surface area contributed by atoms with Crippen LogP contribution >= 0.6 is 0 Å². The molecule has 0 bridgehead atoms. The number of benzene rings is 1. The van der Waals surface area contributed by atoms with Crippen molar-refractivity contribution < 1.29 is 18.4 Å². The van der Waals surface area contributed by atoms with Crippen molar-refractivity contribution in [2.45, 2.75) is 25.8 Å². The normalized spacial score (nSPS) is 18.8. The molecule has 0 aliphatic carbocycles. The quantitative estimate of drug-likeness (QED) is 0.897. The summed E-state index contributed by atoms with van der Waals surface area (Å²) in [6.45, 7) is 2.27. The van der Waals surface area contributed by atoms with Crippen LogP contribution in [0.1, 0.15) is 30.1 Å². The van der Waals surface area contributed by atoms with Crippen LogP contribution in [0.3, 0.4) is 0 Å². The number of nitrogens with zero attached hydrogens (tertiary/aromatic N) is 1. The van der Waals surface area contributed by atoms with Crippen LogP contribution in [-0.4, -0.2) is 35.8 Å². The molecule has 0 saturated carbocycles. The van der Waals surface area contributed by atoms with Gasteiger partial charge >= 0.3 is 0 Å². The molecule has 2 rings (SSSR count). The van der Waals surface area contributed by atoms with Crippen molar-refractivity contribution in [2.75, 3.05) is 13.1 Å². The van der Waals surface area contributed by atoms with Gasteiger partial charge in [0.2, 0.25) is 5.91 Å². The number of carbonyl (C=O) groups is 2. The molecule has 1 fully saturated rings. The highest BCUT2D eigenvalue weighted by atomic mass is 19.1. The fourth-order valence-corrected chi connectivity index (χ4v) is 2.40. The topological polar surface area (TPSA) is 49.4 Å². The first-order valence-corrected chi connectivity index (χ1v) is 6.49. The van der Waals surface area contributed by atoms with Gasteiger partial charge in [0, 0.05) is 32.1 Å². The monoisotopic (exact) mass is 282 g/mol. The molecule has 1 aliphatic rings. The Bertz CT molecular complexity index is 534. The lowest BCUT2D eigenvalue weighted by Gasteiger charge is -2.33. The zero-order valence-electron chi connectivity index (χ0n) is 11.2. The van der Waals surface area contributed by atoms with Crippen LogP contribution < -0.4 is 5.32 Å². The molecule has 1 atom stereocenters. The van der Waals surface area contributed by atoms with E-state index in [2.05, 4.69) is 5.32 Å². The summed E-state index contributed by atoms with van der Waals surface area (Å²) in [4.78, 5) is 24.7. The van der Waals surface area contributed by atoms with E-state index in [4.69, 9.17) is 0 Å². The van der Waals surface area contributed by atoms with Gasteiger partial charge in [0.25, 0.3) is 5.91 Å². The van der Waals surface area contributed by atoms with E-state index < -0.39 is 17.5 Å². The summed E-state index contributed by atoms with van der Waals surface area (Å²) in [6.07, 6.45) is 1.52. The van der Waals surface area contributed by atoms with E-state index in [1.807, 2.05) is 0 Å². The number of rotatable bonds is 2. The summed E-state index contributed by atoms with van der Waals surface area (Å²) in [7, 11) is 0. The van der Waals surface area contributed by atoms with Crippen LogP contribution in [0.4, 0.5) is 8.78 Å². The van der Waals surface area contributed by atoms with E-state index in [1.165, 1.54) is 11.8 Å². The minimum Gasteiger partial charge on any atom is -0.352 e. The fourth-order valence-electron chi connectivity index (χ4n) is 2.40. The van der Waals surface area contributed by atoms with Gasteiger partial charge in [-0.15, -0.1) is 0 Å². The number of piperidine rings is 1. The summed E-state index contributed by atoms with van der Waals surface area (Å²) >= 11 is 0. The van der Waals surface area contributed by atoms with E-state index in [0.29, 0.717) is 19.2 Å². The second-order valence-electron chi connectivity index (χ2n) is 4.92. The van der Waals surface area contributed by atoms with Gasteiger partial charge in [0.05, 0.1) is 5.56 Å². The molecule has 2 amide bonds. The molecule has 0 radical (unpaired) electrons. The Balaban J connectivity index is 2.10. The largest absolute Gasteiger partial charge is 0.352 e. The lowest BCUT2D eigenvalue weighted by atomic mass is 10.0. The molecule has 20 heavy (non-hydrogen) atoms. The van der Waals surface area contributed by atoms with Crippen LogP contribution in [0.2, 0.25) is 0 Å². The predicted molar refractivity (Wildman–Crippen MR) is 69.1 cm³/mol. The second kappa shape index (κ2) is 5.98. The minimum atomic E-state index is -0.864. The molecule has 1 heterocycles. The third-order valence-electron chi connectivity index (χ3n) is 3.28. The zero-order chi connectivity index (χ0) is 14.7. The highest BCUT2D eigenvalue weighted by Gasteiger charge is 2.26. The van der Waals surface area contributed by atoms with E-state index in [9.17, 15) is 18.4 Å². The number of hydrogen-bond donors (Lipinski definition) is 1. The molecule has 1 saturated heterocycles. The van der Waals surface area contributed by atoms with Gasteiger partial charge in [-0.05, 0) is 25.0 Å². The number of halogens is 2. The van der Waals surface area contributed by atoms with Crippen molar-refractivity contribution in [1.29, 1.82) is 0 Å². The zero-order valence-corrected chi connectivity index (χ0v) is 11.2. The minimum absolute atomic E-state index is 0.117. The van der Waals surface area contributed by atoms with Gasteiger partial charge in [-0.3, -0.25) is 9.59 Å². The maximum Gasteiger partial charge on any atom is 0.256 e. The van der Waals surface area contributed by atoms with E-state index in [-0.39, 0.29) is 17.5 Å². The fraction of sp³-hybridized carbons (Fsp3) is 0.429. The maximum atomic E-state index is 13.6. The number of carbonyl (C=O) groups excluding carboxylic acids is 2. The molecular formula is C14H16F2N2O2. The second-order valence-corrected chi connectivity index (χ2v) is 4.92. The Hall–Kier alpha value is -1.98. The third-order valence-corrected chi connectivity index (χ3v) is 3.28. The van der Waals surface area contributed by atoms with Crippen molar-refractivity contribution in [1.82, 2.24) is 10.2 Å². The summed E-state index contributed by atoms with van der Waals surface area (Å²) in [5.74, 6) is -2.21. The highest BCUT2D eigenvalue weighted by Crippen LogP contribution is 2.16. The van der Waals surface area contributed by atoms with Crippen molar-refractivity contribution in [3.8, 4) is 0 Å². The molecule has 0 spiro atoms. The van der Waals surface area contributed by atoms with Gasteiger partial charge in [-0.1, -0.05) is 0 Å². The summed E-state index contributed by atoms with van der Waals surface area (Å²) in [5.41, 5.74) is -0.144. The van der Waals surface area contributed by atoms with Crippen LogP contribution in [0.5, 0.6) is 0 Å². The first-order chi connectivity index (χ1) is 9.47. The molecule has 6 heteroatoms. The average Bonchev–Trinajstić information content (AvgIpc) is 2.37. The lowest BCUT2D eigenvalue weighted by Crippen LogP contribution is -2.49. The standard InChI is InChI=1S/C14H16F2N2O2/c1-9(19)17-11-3-2-6-18(8-11)14(20)12-5-4-10(15)7-13(12)16/h4-5,7,11H,2-3,6,8H2,1H3,(H,17,19). The van der Waals surface area contributed by atoms with Crippen LogP contribution in [0.15, 0.2) is 18.2 Å². The van der Waals surface area contributed by atoms with Crippen LogP contribution in [0, 0.1) is 11.6 Å². The SMILES string of the molecule is CC(=O)NC1CCCN(C(=O)c2ccc(F)cc2F)C1. The highest BCUT2D eigenvalue weighted by molar-refractivity contribution is 5.94. The molecular weight excluding hydrogens is 266 g/mol. The number of amides is 2. The molecule has 0 aromatic heterocycles. The molecule has 1 aromatic carbocycles. The third kappa shape index (κ3) is 3.31. The van der Waals surface area contributed by atoms with Gasteiger partial charge in [-0.2, -0.15) is 0 Å². The Labute approximate surface area is 115 Å². The summed E-state index contributed by atoms with van der Waals surface area (Å²) < 4.78 is 26.5. The molecule has 4 nitrogen and oxygen atoms in total. The Morgan fingerprint density at radius 1 is 1.35 bits per heavy atom. The molecule has 108 valence electrons. The lowest BCUT2D eigenvalue weighted by molar-refractivity contribution is -0.120. The van der Waals surface area contributed by atoms with E-state index in [0.717, 1.165) is 25.0 Å². The average molecular weight is 282 g/mol. The maximum absolute atomic E-state index is 13.6. The van der Waals surface area contributed by atoms with Gasteiger partial charge in [-0.25, -0.2) is 8.78 Å². The van der Waals surface area contributed by atoms with Gasteiger partial charge in [0.1, 0.15) is 11.6 Å². The smallest absolute Gasteiger partial charge is 0.256 e. The number of likely N-dealkylation sites (tertiary alicyclic amines) is 1. The van der Waals surface area contributed by atoms with Crippen molar-refractivity contribution >= 4 is 11.8 Å². The summed E-state index contributed by atoms with van der Waals surface area (Å²) in [5, 5.41) is 2.76. The molecule has 1 unspecified atom stereocenters. The Kier molecular flexibility index (Phi) is 4.32. The van der Waals surface area contributed by atoms with Gasteiger partial charge in [0.15, 0.2) is 0 Å². The molecule has 1 N–H and O–H groups in total. The van der Waals surface area contributed by atoms with Gasteiger partial charge < -0.3 is 10.2 Å². The predicted octanol–water partition coefficient (Wildman–Crippen LogP) is 1.71. The van der Waals surface area contributed by atoms with Crippen molar-refractivity contribution in [2.24, 2.45) is 0 Å². The van der Waals surface area contributed by atoms with Crippen LogP contribution in [-0.2, 0) is 4.79 Å². The first-order valence-electron chi connectivity index (χ1n) is 6.49. The Morgan fingerprint density at radius 2 is 2.10 bits per heavy atom. The molecule has 1 aromatic rings. The van der Waals surface area contributed by atoms with Crippen LogP contribution in [0.25, 0.3) is 0 Å². The van der Waals surface area contributed by atoms with Crippen molar-refractivity contribution in [3.05, 3.63) is 35.4 Å². The number of hydrogen-bond acceptors (Lipinski definition) is 2. The summed E-state index contributed by atoms with van der Waals surface area (Å²) in [6, 6.07) is 2.79. The Morgan fingerprint density at radius 3 is 2.75 bits per heavy atom. The van der Waals surface area contributed by atoms with Crippen molar-refractivity contribution in [3.63, 3.8) is 0 Å². The number of nitrogens with one attached hydrogen (secondary N) is 1. The van der Waals surface area contributed by atoms with E-state index >= 15 is 0 Å².